The zero-order valence-electron chi connectivity index (χ0n) is 15.4. The molecule has 0 unspecified atom stereocenters. The molecule has 0 aliphatic carbocycles. The third kappa shape index (κ3) is 3.16. The number of piperazine rings is 1. The zero-order valence-corrected chi connectivity index (χ0v) is 15.4. The van der Waals surface area contributed by atoms with Crippen LogP contribution in [0, 0.1) is 0 Å². The molecule has 0 bridgehead atoms. The quantitative estimate of drug-likeness (QED) is 0.637. The molecule has 0 amide bonds. The van der Waals surface area contributed by atoms with Crippen molar-refractivity contribution in [3.8, 4) is 0 Å². The van der Waals surface area contributed by atoms with Gasteiger partial charge in [0.05, 0.1) is 18.2 Å². The Labute approximate surface area is 156 Å². The van der Waals surface area contributed by atoms with Crippen LogP contribution in [-0.4, -0.2) is 63.5 Å². The van der Waals surface area contributed by atoms with E-state index < -0.39 is 0 Å². The molecule has 4 rings (SSSR count). The summed E-state index contributed by atoms with van der Waals surface area (Å²) in [4.78, 5) is 29.7. The molecule has 140 valence electrons. The third-order valence-corrected chi connectivity index (χ3v) is 4.67. The van der Waals surface area contributed by atoms with Gasteiger partial charge in [0.15, 0.2) is 5.65 Å². The van der Waals surface area contributed by atoms with E-state index in [4.69, 9.17) is 4.74 Å². The minimum atomic E-state index is -0.337. The van der Waals surface area contributed by atoms with Crippen molar-refractivity contribution in [1.29, 1.82) is 0 Å². The van der Waals surface area contributed by atoms with Gasteiger partial charge < -0.3 is 14.5 Å². The number of hydrogen-bond donors (Lipinski definition) is 0. The van der Waals surface area contributed by atoms with Crippen LogP contribution in [0.1, 0.15) is 17.3 Å². The number of esters is 1. The lowest BCUT2D eigenvalue weighted by atomic mass is 10.2. The highest BCUT2D eigenvalue weighted by Crippen LogP contribution is 2.25. The normalized spacial score (nSPS) is 14.6. The lowest BCUT2D eigenvalue weighted by molar-refractivity contribution is 0.0526. The van der Waals surface area contributed by atoms with Gasteiger partial charge in [0, 0.05) is 39.4 Å². The second-order valence-corrected chi connectivity index (χ2v) is 6.27. The number of anilines is 2. The molecule has 0 aromatic carbocycles. The van der Waals surface area contributed by atoms with E-state index in [-0.39, 0.29) is 5.97 Å². The topological polar surface area (TPSA) is 89.3 Å². The maximum Gasteiger partial charge on any atom is 0.341 e. The first kappa shape index (κ1) is 17.2. The summed E-state index contributed by atoms with van der Waals surface area (Å²) in [5.74, 6) is 1.22. The van der Waals surface area contributed by atoms with Crippen LogP contribution in [0.2, 0.25) is 0 Å². The number of carbonyl (C=O) groups is 1. The van der Waals surface area contributed by atoms with Gasteiger partial charge in [-0.2, -0.15) is 5.10 Å². The van der Waals surface area contributed by atoms with Gasteiger partial charge in [0.25, 0.3) is 0 Å². The van der Waals surface area contributed by atoms with E-state index in [1.165, 1.54) is 0 Å². The van der Waals surface area contributed by atoms with Gasteiger partial charge in [0.2, 0.25) is 0 Å². The van der Waals surface area contributed by atoms with Gasteiger partial charge in [0.1, 0.15) is 23.5 Å². The van der Waals surface area contributed by atoms with E-state index in [0.29, 0.717) is 18.0 Å². The van der Waals surface area contributed by atoms with E-state index in [0.717, 1.165) is 43.0 Å². The molecule has 0 saturated carbocycles. The van der Waals surface area contributed by atoms with Crippen molar-refractivity contribution in [1.82, 2.24) is 24.7 Å². The van der Waals surface area contributed by atoms with E-state index >= 15 is 0 Å². The minimum Gasteiger partial charge on any atom is -0.462 e. The fourth-order valence-electron chi connectivity index (χ4n) is 3.35. The van der Waals surface area contributed by atoms with Crippen LogP contribution in [0.4, 0.5) is 11.6 Å². The van der Waals surface area contributed by atoms with Gasteiger partial charge in [-0.1, -0.05) is 0 Å². The second kappa shape index (κ2) is 7.18. The summed E-state index contributed by atoms with van der Waals surface area (Å²) in [5.41, 5.74) is 1.32. The summed E-state index contributed by atoms with van der Waals surface area (Å²) >= 11 is 0. The van der Waals surface area contributed by atoms with Crippen LogP contribution in [0.5, 0.6) is 0 Å². The summed E-state index contributed by atoms with van der Waals surface area (Å²) in [7, 11) is 1.87. The zero-order chi connectivity index (χ0) is 18.8. The second-order valence-electron chi connectivity index (χ2n) is 6.27. The van der Waals surface area contributed by atoms with Gasteiger partial charge in [-0.25, -0.2) is 19.7 Å². The molecule has 1 aliphatic heterocycles. The molecule has 1 saturated heterocycles. The first-order valence-electron chi connectivity index (χ1n) is 8.93. The lowest BCUT2D eigenvalue weighted by Crippen LogP contribution is -2.47. The summed E-state index contributed by atoms with van der Waals surface area (Å²) in [6.45, 7) is 5.13. The first-order chi connectivity index (χ1) is 13.2. The number of carbonyl (C=O) groups excluding carboxylic acids is 1. The minimum absolute atomic E-state index is 0.337. The van der Waals surface area contributed by atoms with Crippen molar-refractivity contribution in [3.05, 3.63) is 36.4 Å². The number of aryl methyl sites for hydroxylation is 1. The average molecular weight is 367 g/mol. The number of aromatic nitrogens is 5. The number of nitrogens with zero attached hydrogens (tertiary/aromatic N) is 7. The molecule has 9 nitrogen and oxygen atoms in total. The van der Waals surface area contributed by atoms with Crippen LogP contribution in [0.3, 0.4) is 0 Å². The highest BCUT2D eigenvalue weighted by Gasteiger charge is 2.25. The summed E-state index contributed by atoms with van der Waals surface area (Å²) in [6, 6.07) is 3.52. The maximum absolute atomic E-state index is 12.2. The Bertz CT molecular complexity index is 963. The smallest absolute Gasteiger partial charge is 0.341 e. The Morgan fingerprint density at radius 3 is 2.59 bits per heavy atom. The fourth-order valence-corrected chi connectivity index (χ4v) is 3.35. The fraction of sp³-hybridized carbons (Fsp3) is 0.389. The Morgan fingerprint density at radius 2 is 1.85 bits per heavy atom. The average Bonchev–Trinajstić information content (AvgIpc) is 3.09. The standard InChI is InChI=1S/C18H21N7O2/c1-3-27-18(26)13-5-4-6-19-16(13)24-7-9-25(10-8-24)17-14-11-22-23(2)15(14)20-12-21-17/h4-6,11-12H,3,7-10H2,1-2H3. The van der Waals surface area contributed by atoms with Crippen molar-refractivity contribution < 1.29 is 9.53 Å². The number of rotatable bonds is 4. The van der Waals surface area contributed by atoms with Gasteiger partial charge in [-0.3, -0.25) is 4.68 Å². The summed E-state index contributed by atoms with van der Waals surface area (Å²) in [5, 5.41) is 5.22. The van der Waals surface area contributed by atoms with E-state index in [1.807, 2.05) is 7.05 Å². The van der Waals surface area contributed by atoms with Crippen LogP contribution in [-0.2, 0) is 11.8 Å². The van der Waals surface area contributed by atoms with Gasteiger partial charge >= 0.3 is 5.97 Å². The molecule has 0 N–H and O–H groups in total. The molecule has 0 radical (unpaired) electrons. The van der Waals surface area contributed by atoms with Crippen molar-refractivity contribution >= 4 is 28.6 Å². The van der Waals surface area contributed by atoms with Crippen molar-refractivity contribution in [2.24, 2.45) is 7.05 Å². The lowest BCUT2D eigenvalue weighted by Gasteiger charge is -2.36. The van der Waals surface area contributed by atoms with Crippen LogP contribution in [0.15, 0.2) is 30.9 Å². The Hall–Kier alpha value is -3.23. The van der Waals surface area contributed by atoms with Gasteiger partial charge in [-0.05, 0) is 19.1 Å². The molecule has 1 fully saturated rings. The summed E-state index contributed by atoms with van der Waals surface area (Å²) < 4.78 is 6.90. The number of ether oxygens (including phenoxy) is 1. The molecule has 4 heterocycles. The largest absolute Gasteiger partial charge is 0.462 e. The number of hydrogen-bond acceptors (Lipinski definition) is 8. The highest BCUT2D eigenvalue weighted by molar-refractivity contribution is 5.95. The predicted octanol–water partition coefficient (Wildman–Crippen LogP) is 1.26. The SMILES string of the molecule is CCOC(=O)c1cccnc1N1CCN(c2ncnc3c2cnn3C)CC1. The Morgan fingerprint density at radius 1 is 1.11 bits per heavy atom. The maximum atomic E-state index is 12.2. The molecular weight excluding hydrogens is 346 g/mol. The van der Waals surface area contributed by atoms with Gasteiger partial charge in [-0.15, -0.1) is 0 Å². The Balaban J connectivity index is 1.54. The Kier molecular flexibility index (Phi) is 4.57. The van der Waals surface area contributed by atoms with Crippen LogP contribution < -0.4 is 9.80 Å². The van der Waals surface area contributed by atoms with Crippen LogP contribution >= 0.6 is 0 Å². The molecule has 3 aromatic heterocycles. The molecule has 27 heavy (non-hydrogen) atoms. The van der Waals surface area contributed by atoms with Crippen LogP contribution in [0.25, 0.3) is 11.0 Å². The monoisotopic (exact) mass is 367 g/mol. The van der Waals surface area contributed by atoms with Crippen molar-refractivity contribution in [2.45, 2.75) is 6.92 Å². The predicted molar refractivity (Wildman–Crippen MR) is 101 cm³/mol. The first-order valence-corrected chi connectivity index (χ1v) is 8.93. The summed E-state index contributed by atoms with van der Waals surface area (Å²) in [6.07, 6.45) is 5.08. The molecule has 0 spiro atoms. The molecule has 9 heteroatoms. The van der Waals surface area contributed by atoms with E-state index in [9.17, 15) is 4.79 Å². The van der Waals surface area contributed by atoms with Crippen molar-refractivity contribution in [2.75, 3.05) is 42.6 Å². The number of fused-ring (bicyclic) bond motifs is 1. The number of pyridine rings is 1. The van der Waals surface area contributed by atoms with Crippen molar-refractivity contribution in [3.63, 3.8) is 0 Å². The molecule has 0 atom stereocenters. The molecule has 1 aliphatic rings. The molecular formula is C18H21N7O2. The highest BCUT2D eigenvalue weighted by atomic mass is 16.5. The van der Waals surface area contributed by atoms with E-state index in [1.54, 1.807) is 42.5 Å². The van der Waals surface area contributed by atoms with E-state index in [2.05, 4.69) is 29.9 Å². The molecule has 3 aromatic rings. The third-order valence-electron chi connectivity index (χ3n) is 4.67.